The summed E-state index contributed by atoms with van der Waals surface area (Å²) in [5, 5.41) is 17.2. The van der Waals surface area contributed by atoms with Gasteiger partial charge in [-0.05, 0) is 96.2 Å². The van der Waals surface area contributed by atoms with Crippen LogP contribution in [0.4, 0.5) is 4.79 Å². The molecular weight excluding hydrogens is 645 g/mol. The summed E-state index contributed by atoms with van der Waals surface area (Å²) >= 11 is 1.69. The van der Waals surface area contributed by atoms with Crippen molar-refractivity contribution < 1.29 is 19.4 Å². The number of rotatable bonds is 10. The number of hydrogen-bond acceptors (Lipinski definition) is 6. The number of thioether (sulfide) groups is 1. The van der Waals surface area contributed by atoms with E-state index in [1.165, 1.54) is 19.3 Å². The molecule has 9 rings (SSSR count). The van der Waals surface area contributed by atoms with Crippen LogP contribution in [0.2, 0.25) is 0 Å². The molecule has 2 heterocycles. The van der Waals surface area contributed by atoms with Crippen molar-refractivity contribution in [3.63, 3.8) is 0 Å². The molecule has 8 nitrogen and oxygen atoms in total. The molecule has 50 heavy (non-hydrogen) atoms. The molecule has 4 atom stereocenters. The topological polar surface area (TPSA) is 97.6 Å². The maximum Gasteiger partial charge on any atom is 0.315 e. The number of amides is 2. The molecule has 4 saturated carbocycles. The molecule has 0 spiro atoms. The third kappa shape index (κ3) is 7.11. The Bertz CT molecular complexity index is 1770. The number of imidazole rings is 1. The fourth-order valence-corrected chi connectivity index (χ4v) is 10.5. The van der Waals surface area contributed by atoms with Gasteiger partial charge in [0, 0.05) is 48.8 Å². The van der Waals surface area contributed by atoms with Crippen LogP contribution >= 0.6 is 11.8 Å². The van der Waals surface area contributed by atoms with Gasteiger partial charge in [-0.2, -0.15) is 0 Å². The van der Waals surface area contributed by atoms with Gasteiger partial charge in [-0.15, -0.1) is 0 Å². The van der Waals surface area contributed by atoms with E-state index < -0.39 is 6.29 Å². The Kier molecular flexibility index (Phi) is 9.50. The van der Waals surface area contributed by atoms with Gasteiger partial charge >= 0.3 is 6.03 Å². The Morgan fingerprint density at radius 1 is 0.920 bits per heavy atom. The zero-order valence-corrected chi connectivity index (χ0v) is 29.8. The normalized spacial score (nSPS) is 29.9. The SMILES string of the molecule is C[C@@H]1[C@H](CSc2nccn2C)O[C@H](c2cccc(-c3cccc(CNC(=O)NC45CC6CC(CC(C6)C4)C5)c3)c2)O[C@@H]1c1ccc(CO)cc1. The van der Waals surface area contributed by atoms with E-state index in [1.54, 1.807) is 11.8 Å². The Morgan fingerprint density at radius 2 is 1.62 bits per heavy atom. The van der Waals surface area contributed by atoms with Gasteiger partial charge in [-0.3, -0.25) is 0 Å². The molecule has 5 aliphatic rings. The van der Waals surface area contributed by atoms with E-state index in [0.717, 1.165) is 81.3 Å². The molecular formula is C41H48N4O4S. The quantitative estimate of drug-likeness (QED) is 0.146. The standard InChI is InChI=1S/C41H48N4O4S/c1-26-36(25-50-40-42-13-14-45(40)2)48-38(49-37(26)32-11-9-27(24-46)10-12-32)35-8-4-7-34(19-35)33-6-3-5-28(18-33)23-43-39(47)44-41-20-29-15-30(21-41)17-31(16-29)22-41/h3-14,18-19,26,29-31,36-38,46H,15-17,20-25H2,1-2H3,(H2,43,44,47)/t26-,29?,30?,31?,36+,37+,38+,41?/m1/s1. The highest BCUT2D eigenvalue weighted by molar-refractivity contribution is 7.99. The third-order valence-corrected chi connectivity index (χ3v) is 12.7. The average molecular weight is 693 g/mol. The summed E-state index contributed by atoms with van der Waals surface area (Å²) in [4.78, 5) is 17.7. The average Bonchev–Trinajstić information content (AvgIpc) is 3.54. The van der Waals surface area contributed by atoms with Crippen molar-refractivity contribution in [1.82, 2.24) is 20.2 Å². The second kappa shape index (κ2) is 14.2. The number of nitrogens with one attached hydrogen (secondary N) is 2. The number of aryl methyl sites for hydroxylation is 1. The van der Waals surface area contributed by atoms with Crippen LogP contribution < -0.4 is 10.6 Å². The number of urea groups is 1. The summed E-state index contributed by atoms with van der Waals surface area (Å²) < 4.78 is 15.5. The molecule has 4 bridgehead atoms. The summed E-state index contributed by atoms with van der Waals surface area (Å²) in [6.07, 6.45) is 10.5. The van der Waals surface area contributed by atoms with Gasteiger partial charge in [0.05, 0.1) is 18.8 Å². The summed E-state index contributed by atoms with van der Waals surface area (Å²) in [6, 6.07) is 24.8. The van der Waals surface area contributed by atoms with Crippen LogP contribution in [0.15, 0.2) is 90.3 Å². The second-order valence-corrected chi connectivity index (χ2v) is 16.3. The van der Waals surface area contributed by atoms with E-state index in [0.29, 0.717) is 6.54 Å². The Hall–Kier alpha value is -3.63. The number of aliphatic hydroxyl groups excluding tert-OH is 1. The minimum absolute atomic E-state index is 0.00000969. The maximum absolute atomic E-state index is 13.1. The van der Waals surface area contributed by atoms with E-state index >= 15 is 0 Å². The Morgan fingerprint density at radius 3 is 2.30 bits per heavy atom. The summed E-state index contributed by atoms with van der Waals surface area (Å²) in [7, 11) is 2.01. The van der Waals surface area contributed by atoms with Crippen LogP contribution in [0.5, 0.6) is 0 Å². The molecule has 1 aromatic heterocycles. The number of benzene rings is 3. The Balaban J connectivity index is 0.968. The number of aliphatic hydroxyl groups is 1. The molecule has 5 fully saturated rings. The molecule has 9 heteroatoms. The molecule has 4 aliphatic carbocycles. The van der Waals surface area contributed by atoms with Crippen LogP contribution in [0.25, 0.3) is 11.1 Å². The molecule has 1 saturated heterocycles. The van der Waals surface area contributed by atoms with Crippen molar-refractivity contribution in [3.8, 4) is 11.1 Å². The molecule has 0 radical (unpaired) electrons. The predicted octanol–water partition coefficient (Wildman–Crippen LogP) is 7.93. The van der Waals surface area contributed by atoms with E-state index in [-0.39, 0.29) is 36.3 Å². The fourth-order valence-electron chi connectivity index (χ4n) is 9.41. The van der Waals surface area contributed by atoms with E-state index in [4.69, 9.17) is 9.47 Å². The van der Waals surface area contributed by atoms with Gasteiger partial charge in [0.1, 0.15) is 0 Å². The largest absolute Gasteiger partial charge is 0.392 e. The highest BCUT2D eigenvalue weighted by Crippen LogP contribution is 2.55. The van der Waals surface area contributed by atoms with Gasteiger partial charge in [0.15, 0.2) is 11.4 Å². The van der Waals surface area contributed by atoms with E-state index in [1.807, 2.05) is 36.1 Å². The minimum atomic E-state index is -0.557. The number of carbonyl (C=O) groups is 1. The first kappa shape index (κ1) is 33.5. The molecule has 262 valence electrons. The number of nitrogens with zero attached hydrogens (tertiary/aromatic N) is 2. The first-order valence-electron chi connectivity index (χ1n) is 18.2. The van der Waals surface area contributed by atoms with E-state index in [9.17, 15) is 9.90 Å². The molecule has 3 aromatic carbocycles. The monoisotopic (exact) mass is 692 g/mol. The number of ether oxygens (including phenoxy) is 2. The maximum atomic E-state index is 13.1. The molecule has 3 N–H and O–H groups in total. The van der Waals surface area contributed by atoms with Crippen LogP contribution in [-0.2, 0) is 29.7 Å². The van der Waals surface area contributed by atoms with Gasteiger partial charge in [-0.1, -0.05) is 79.3 Å². The number of aromatic nitrogens is 2. The third-order valence-electron chi connectivity index (χ3n) is 11.6. The van der Waals surface area contributed by atoms with Crippen molar-refractivity contribution in [3.05, 3.63) is 107 Å². The predicted molar refractivity (Wildman–Crippen MR) is 195 cm³/mol. The highest BCUT2D eigenvalue weighted by atomic mass is 32.2. The van der Waals surface area contributed by atoms with Gasteiger partial charge < -0.3 is 29.8 Å². The molecule has 2 amide bonds. The van der Waals surface area contributed by atoms with Crippen molar-refractivity contribution in [2.45, 2.75) is 87.8 Å². The number of hydrogen-bond donors (Lipinski definition) is 3. The molecule has 1 aliphatic heterocycles. The smallest absolute Gasteiger partial charge is 0.315 e. The second-order valence-electron chi connectivity index (χ2n) is 15.3. The summed E-state index contributed by atoms with van der Waals surface area (Å²) in [6.45, 7) is 2.67. The lowest BCUT2D eigenvalue weighted by atomic mass is 9.53. The molecule has 4 aromatic rings. The fraction of sp³-hybridized carbons (Fsp3) is 0.463. The first-order chi connectivity index (χ1) is 24.3. The summed E-state index contributed by atoms with van der Waals surface area (Å²) in [5.41, 5.74) is 6.10. The van der Waals surface area contributed by atoms with Crippen molar-refractivity contribution >= 4 is 17.8 Å². The van der Waals surface area contributed by atoms with Gasteiger partial charge in [-0.25, -0.2) is 9.78 Å². The van der Waals surface area contributed by atoms with Gasteiger partial charge in [0.2, 0.25) is 0 Å². The van der Waals surface area contributed by atoms with Crippen LogP contribution in [-0.4, -0.2) is 38.1 Å². The van der Waals surface area contributed by atoms with Crippen molar-refractivity contribution in [2.24, 2.45) is 30.7 Å². The van der Waals surface area contributed by atoms with Crippen LogP contribution in [0, 0.1) is 23.7 Å². The summed E-state index contributed by atoms with van der Waals surface area (Å²) in [5.74, 6) is 3.21. The zero-order chi connectivity index (χ0) is 34.2. The van der Waals surface area contributed by atoms with Crippen LogP contribution in [0.1, 0.15) is 80.1 Å². The molecule has 0 unspecified atom stereocenters. The number of carbonyl (C=O) groups excluding carboxylic acids is 1. The van der Waals surface area contributed by atoms with Gasteiger partial charge in [0.25, 0.3) is 0 Å². The van der Waals surface area contributed by atoms with Crippen LogP contribution in [0.3, 0.4) is 0 Å². The van der Waals surface area contributed by atoms with Crippen molar-refractivity contribution in [2.75, 3.05) is 5.75 Å². The van der Waals surface area contributed by atoms with E-state index in [2.05, 4.69) is 83.2 Å². The lowest BCUT2D eigenvalue weighted by Gasteiger charge is -2.56. The lowest BCUT2D eigenvalue weighted by Crippen LogP contribution is -2.61. The van der Waals surface area contributed by atoms with Crippen molar-refractivity contribution in [1.29, 1.82) is 0 Å². The minimum Gasteiger partial charge on any atom is -0.392 e. The zero-order valence-electron chi connectivity index (χ0n) is 29.0. The Labute approximate surface area is 299 Å². The first-order valence-corrected chi connectivity index (χ1v) is 19.2. The highest BCUT2D eigenvalue weighted by Gasteiger charge is 2.51. The lowest BCUT2D eigenvalue weighted by molar-refractivity contribution is -0.268.